The average molecular weight is 301 g/mol. The molecule has 2 N–H and O–H groups in total. The molecule has 1 fully saturated rings. The van der Waals surface area contributed by atoms with Gasteiger partial charge in [0.15, 0.2) is 0 Å². The molecule has 6 heteroatoms. The Morgan fingerprint density at radius 1 is 1.71 bits per heavy atom. The maximum absolute atomic E-state index is 11.6. The number of aryl methyl sites for hydroxylation is 1. The molecule has 2 rings (SSSR count). The predicted octanol–water partition coefficient (Wildman–Crippen LogP) is 0.954. The van der Waals surface area contributed by atoms with Crippen molar-refractivity contribution in [2.75, 3.05) is 25.0 Å². The third-order valence-electron chi connectivity index (χ3n) is 3.06. The SMILES string of the molecule is Cn1ncc(NCC2CCCNC2)c(Br)c1=O. The first-order chi connectivity index (χ1) is 8.18. The molecule has 1 unspecified atom stereocenters. The van der Waals surface area contributed by atoms with E-state index in [1.54, 1.807) is 13.2 Å². The van der Waals surface area contributed by atoms with Crippen molar-refractivity contribution in [3.63, 3.8) is 0 Å². The van der Waals surface area contributed by atoms with Gasteiger partial charge in [0.25, 0.3) is 5.56 Å². The Balaban J connectivity index is 1.99. The van der Waals surface area contributed by atoms with Crippen LogP contribution in [0.2, 0.25) is 0 Å². The molecule has 0 bridgehead atoms. The topological polar surface area (TPSA) is 59.0 Å². The van der Waals surface area contributed by atoms with Gasteiger partial charge in [-0.2, -0.15) is 5.10 Å². The van der Waals surface area contributed by atoms with Crippen molar-refractivity contribution in [1.82, 2.24) is 15.1 Å². The van der Waals surface area contributed by atoms with Gasteiger partial charge in [-0.1, -0.05) is 0 Å². The van der Waals surface area contributed by atoms with Crippen LogP contribution in [0.4, 0.5) is 5.69 Å². The van der Waals surface area contributed by atoms with Crippen molar-refractivity contribution in [2.24, 2.45) is 13.0 Å². The Morgan fingerprint density at radius 2 is 2.53 bits per heavy atom. The smallest absolute Gasteiger partial charge is 0.282 e. The second-order valence-electron chi connectivity index (χ2n) is 4.39. The first-order valence-corrected chi connectivity index (χ1v) is 6.64. The molecule has 1 atom stereocenters. The van der Waals surface area contributed by atoms with E-state index in [0.717, 1.165) is 25.3 Å². The molecule has 17 heavy (non-hydrogen) atoms. The molecular formula is C11H17BrN4O. The molecule has 0 aromatic carbocycles. The third kappa shape index (κ3) is 3.07. The Labute approximate surface area is 109 Å². The number of aromatic nitrogens is 2. The number of rotatable bonds is 3. The molecule has 0 aliphatic carbocycles. The molecule has 1 aliphatic heterocycles. The summed E-state index contributed by atoms with van der Waals surface area (Å²) in [7, 11) is 1.64. The first-order valence-electron chi connectivity index (χ1n) is 5.85. The van der Waals surface area contributed by atoms with Crippen molar-refractivity contribution < 1.29 is 0 Å². The summed E-state index contributed by atoms with van der Waals surface area (Å²) in [6, 6.07) is 0. The van der Waals surface area contributed by atoms with Crippen LogP contribution in [0.3, 0.4) is 0 Å². The molecule has 5 nitrogen and oxygen atoms in total. The van der Waals surface area contributed by atoms with Crippen LogP contribution in [0.25, 0.3) is 0 Å². The summed E-state index contributed by atoms with van der Waals surface area (Å²) >= 11 is 3.30. The molecule has 1 saturated heterocycles. The lowest BCUT2D eigenvalue weighted by molar-refractivity contribution is 0.393. The lowest BCUT2D eigenvalue weighted by atomic mass is 10.00. The number of nitrogens with zero attached hydrogens (tertiary/aromatic N) is 2. The molecule has 0 radical (unpaired) electrons. The fraction of sp³-hybridized carbons (Fsp3) is 0.636. The minimum absolute atomic E-state index is 0.114. The summed E-state index contributed by atoms with van der Waals surface area (Å²) in [6.07, 6.45) is 4.14. The number of hydrogen-bond acceptors (Lipinski definition) is 4. The van der Waals surface area contributed by atoms with E-state index in [1.165, 1.54) is 17.5 Å². The van der Waals surface area contributed by atoms with E-state index in [9.17, 15) is 4.79 Å². The number of hydrogen-bond donors (Lipinski definition) is 2. The van der Waals surface area contributed by atoms with Gasteiger partial charge >= 0.3 is 0 Å². The van der Waals surface area contributed by atoms with Crippen LogP contribution in [-0.2, 0) is 7.05 Å². The summed E-state index contributed by atoms with van der Waals surface area (Å²) in [4.78, 5) is 11.6. The van der Waals surface area contributed by atoms with E-state index in [-0.39, 0.29) is 5.56 Å². The molecule has 2 heterocycles. The highest BCUT2D eigenvalue weighted by atomic mass is 79.9. The van der Waals surface area contributed by atoms with E-state index in [2.05, 4.69) is 31.7 Å². The van der Waals surface area contributed by atoms with Gasteiger partial charge in [-0.05, 0) is 47.8 Å². The Bertz CT molecular complexity index is 440. The van der Waals surface area contributed by atoms with Gasteiger partial charge in [-0.3, -0.25) is 4.79 Å². The van der Waals surface area contributed by atoms with Crippen LogP contribution in [0.5, 0.6) is 0 Å². The van der Waals surface area contributed by atoms with Crippen molar-refractivity contribution >= 4 is 21.6 Å². The van der Waals surface area contributed by atoms with Crippen LogP contribution in [0.15, 0.2) is 15.5 Å². The largest absolute Gasteiger partial charge is 0.382 e. The van der Waals surface area contributed by atoms with Crippen molar-refractivity contribution in [1.29, 1.82) is 0 Å². The zero-order chi connectivity index (χ0) is 12.3. The molecule has 1 aromatic rings. The number of nitrogens with one attached hydrogen (secondary N) is 2. The van der Waals surface area contributed by atoms with Gasteiger partial charge in [-0.25, -0.2) is 4.68 Å². The minimum Gasteiger partial charge on any atom is -0.382 e. The lowest BCUT2D eigenvalue weighted by Crippen LogP contribution is -2.34. The van der Waals surface area contributed by atoms with E-state index < -0.39 is 0 Å². The van der Waals surface area contributed by atoms with Gasteiger partial charge in [0.2, 0.25) is 0 Å². The van der Waals surface area contributed by atoms with E-state index in [0.29, 0.717) is 10.4 Å². The zero-order valence-electron chi connectivity index (χ0n) is 9.87. The number of halogens is 1. The normalized spacial score (nSPS) is 20.2. The third-order valence-corrected chi connectivity index (χ3v) is 3.82. The van der Waals surface area contributed by atoms with Crippen LogP contribution in [-0.4, -0.2) is 29.4 Å². The first kappa shape index (κ1) is 12.6. The molecule has 1 aliphatic rings. The quantitative estimate of drug-likeness (QED) is 0.873. The van der Waals surface area contributed by atoms with Gasteiger partial charge < -0.3 is 10.6 Å². The minimum atomic E-state index is -0.114. The van der Waals surface area contributed by atoms with Crippen molar-refractivity contribution in [3.05, 3.63) is 21.0 Å². The van der Waals surface area contributed by atoms with Crippen molar-refractivity contribution in [2.45, 2.75) is 12.8 Å². The molecule has 1 aromatic heterocycles. The van der Waals surface area contributed by atoms with Gasteiger partial charge in [0.1, 0.15) is 4.47 Å². The Hall–Kier alpha value is -0.880. The fourth-order valence-electron chi connectivity index (χ4n) is 1.99. The highest BCUT2D eigenvalue weighted by Gasteiger charge is 2.13. The zero-order valence-corrected chi connectivity index (χ0v) is 11.5. The predicted molar refractivity (Wildman–Crippen MR) is 71.3 cm³/mol. The van der Waals surface area contributed by atoms with Gasteiger partial charge in [0, 0.05) is 13.6 Å². The highest BCUT2D eigenvalue weighted by Crippen LogP contribution is 2.17. The van der Waals surface area contributed by atoms with Crippen molar-refractivity contribution in [3.8, 4) is 0 Å². The summed E-state index contributed by atoms with van der Waals surface area (Å²) in [5, 5.41) is 10.7. The lowest BCUT2D eigenvalue weighted by Gasteiger charge is -2.23. The molecule has 0 spiro atoms. The molecule has 0 saturated carbocycles. The summed E-state index contributed by atoms with van der Waals surface area (Å²) < 4.78 is 1.87. The summed E-state index contributed by atoms with van der Waals surface area (Å²) in [5.74, 6) is 0.625. The second kappa shape index (κ2) is 5.64. The molecule has 94 valence electrons. The second-order valence-corrected chi connectivity index (χ2v) is 5.19. The number of piperidine rings is 1. The van der Waals surface area contributed by atoms with E-state index in [4.69, 9.17) is 0 Å². The Morgan fingerprint density at radius 3 is 3.24 bits per heavy atom. The van der Waals surface area contributed by atoms with E-state index >= 15 is 0 Å². The average Bonchev–Trinajstić information content (AvgIpc) is 2.36. The molecular weight excluding hydrogens is 284 g/mol. The maximum Gasteiger partial charge on any atom is 0.282 e. The Kier molecular flexibility index (Phi) is 4.17. The summed E-state index contributed by atoms with van der Waals surface area (Å²) in [6.45, 7) is 3.04. The van der Waals surface area contributed by atoms with Gasteiger partial charge in [-0.15, -0.1) is 0 Å². The highest BCUT2D eigenvalue weighted by molar-refractivity contribution is 9.10. The van der Waals surface area contributed by atoms with E-state index in [1.807, 2.05) is 0 Å². The standard InChI is InChI=1S/C11H17BrN4O/c1-16-11(17)10(12)9(7-15-16)14-6-8-3-2-4-13-5-8/h7-8,13-14H,2-6H2,1H3. The van der Waals surface area contributed by atoms with Crippen LogP contribution >= 0.6 is 15.9 Å². The van der Waals surface area contributed by atoms with Gasteiger partial charge in [0.05, 0.1) is 11.9 Å². The molecule has 0 amide bonds. The fourth-order valence-corrected chi connectivity index (χ4v) is 2.49. The number of anilines is 1. The summed E-state index contributed by atoms with van der Waals surface area (Å²) in [5.41, 5.74) is 0.662. The monoisotopic (exact) mass is 300 g/mol. The van der Waals surface area contributed by atoms with Crippen LogP contribution in [0, 0.1) is 5.92 Å². The maximum atomic E-state index is 11.6. The van der Waals surface area contributed by atoms with Crippen LogP contribution < -0.4 is 16.2 Å². The van der Waals surface area contributed by atoms with Crippen LogP contribution in [0.1, 0.15) is 12.8 Å².